The summed E-state index contributed by atoms with van der Waals surface area (Å²) in [5.41, 5.74) is 0. The standard InChI is InChI=1S/C10H19/c1-3-5-7-9-10-8-6-4-2/h3,6,8H,4-5,7,9-10H2,1-2H3/b8-6+. The molecule has 59 valence electrons. The number of hydrogen-bond donors (Lipinski definition) is 0. The predicted octanol–water partition coefficient (Wildman–Crippen LogP) is 3.74. The Labute approximate surface area is 65.3 Å². The molecule has 0 amide bonds. The van der Waals surface area contributed by atoms with Gasteiger partial charge in [-0.1, -0.05) is 38.8 Å². The van der Waals surface area contributed by atoms with Crippen LogP contribution in [-0.2, 0) is 0 Å². The summed E-state index contributed by atoms with van der Waals surface area (Å²) in [4.78, 5) is 0. The molecule has 0 nitrogen and oxygen atoms in total. The molecule has 0 saturated carbocycles. The van der Waals surface area contributed by atoms with Gasteiger partial charge in [0.1, 0.15) is 0 Å². The summed E-state index contributed by atoms with van der Waals surface area (Å²) >= 11 is 0. The van der Waals surface area contributed by atoms with Crippen LogP contribution in [-0.4, -0.2) is 0 Å². The van der Waals surface area contributed by atoms with Crippen molar-refractivity contribution >= 4 is 0 Å². The van der Waals surface area contributed by atoms with Crippen molar-refractivity contribution < 1.29 is 0 Å². The van der Waals surface area contributed by atoms with Crippen LogP contribution in [0.1, 0.15) is 46.0 Å². The number of rotatable bonds is 6. The Morgan fingerprint density at radius 2 is 1.70 bits per heavy atom. The first-order chi connectivity index (χ1) is 4.91. The van der Waals surface area contributed by atoms with E-state index in [0.717, 1.165) is 0 Å². The highest BCUT2D eigenvalue weighted by Crippen LogP contribution is 2.02. The van der Waals surface area contributed by atoms with Crippen LogP contribution in [0.2, 0.25) is 0 Å². The first kappa shape index (κ1) is 9.74. The van der Waals surface area contributed by atoms with Crippen LogP contribution in [0.25, 0.3) is 0 Å². The van der Waals surface area contributed by atoms with E-state index in [4.69, 9.17) is 0 Å². The fourth-order valence-electron chi connectivity index (χ4n) is 0.895. The number of unbranched alkanes of at least 4 members (excludes halogenated alkanes) is 4. The fourth-order valence-corrected chi connectivity index (χ4v) is 0.895. The van der Waals surface area contributed by atoms with Gasteiger partial charge in [-0.3, -0.25) is 0 Å². The van der Waals surface area contributed by atoms with E-state index < -0.39 is 0 Å². The molecule has 0 aliphatic heterocycles. The third-order valence-corrected chi connectivity index (χ3v) is 1.52. The average Bonchev–Trinajstić information content (AvgIpc) is 1.97. The zero-order valence-corrected chi connectivity index (χ0v) is 7.27. The topological polar surface area (TPSA) is 0 Å². The van der Waals surface area contributed by atoms with Gasteiger partial charge in [0, 0.05) is 0 Å². The molecule has 0 fully saturated rings. The lowest BCUT2D eigenvalue weighted by Gasteiger charge is -1.92. The van der Waals surface area contributed by atoms with Gasteiger partial charge in [-0.2, -0.15) is 0 Å². The molecule has 0 unspecified atom stereocenters. The first-order valence-electron chi connectivity index (χ1n) is 4.34. The lowest BCUT2D eigenvalue weighted by Crippen LogP contribution is -1.73. The second-order valence-electron chi connectivity index (χ2n) is 2.57. The summed E-state index contributed by atoms with van der Waals surface area (Å²) in [6, 6.07) is 0. The van der Waals surface area contributed by atoms with Crippen molar-refractivity contribution in [2.75, 3.05) is 0 Å². The Balaban J connectivity index is 2.83. The lowest BCUT2D eigenvalue weighted by molar-refractivity contribution is 0.738. The van der Waals surface area contributed by atoms with Gasteiger partial charge in [0.25, 0.3) is 0 Å². The Hall–Kier alpha value is -0.260. The van der Waals surface area contributed by atoms with Gasteiger partial charge in [-0.15, -0.1) is 0 Å². The Bertz CT molecular complexity index is 72.1. The van der Waals surface area contributed by atoms with Gasteiger partial charge in [0.15, 0.2) is 0 Å². The van der Waals surface area contributed by atoms with E-state index in [1.807, 2.05) is 0 Å². The molecule has 0 bridgehead atoms. The number of hydrogen-bond acceptors (Lipinski definition) is 0. The molecule has 0 saturated heterocycles. The third kappa shape index (κ3) is 7.74. The fraction of sp³-hybridized carbons (Fsp3) is 0.700. The molecule has 0 aromatic carbocycles. The van der Waals surface area contributed by atoms with E-state index in [1.165, 1.54) is 32.1 Å². The van der Waals surface area contributed by atoms with Crippen molar-refractivity contribution in [2.45, 2.75) is 46.0 Å². The zero-order chi connectivity index (χ0) is 7.66. The average molecular weight is 139 g/mol. The molecule has 1 radical (unpaired) electrons. The Morgan fingerprint density at radius 1 is 1.00 bits per heavy atom. The maximum atomic E-state index is 2.29. The Kier molecular flexibility index (Phi) is 8.51. The smallest absolute Gasteiger partial charge is 0.0351 e. The van der Waals surface area contributed by atoms with Gasteiger partial charge in [0.2, 0.25) is 0 Å². The maximum Gasteiger partial charge on any atom is -0.0351 e. The van der Waals surface area contributed by atoms with Crippen molar-refractivity contribution in [3.63, 3.8) is 0 Å². The van der Waals surface area contributed by atoms with E-state index in [2.05, 4.69) is 32.4 Å². The first-order valence-corrected chi connectivity index (χ1v) is 4.34. The monoisotopic (exact) mass is 139 g/mol. The van der Waals surface area contributed by atoms with Crippen LogP contribution in [0.5, 0.6) is 0 Å². The van der Waals surface area contributed by atoms with Crippen LogP contribution >= 0.6 is 0 Å². The van der Waals surface area contributed by atoms with Crippen LogP contribution in [0.15, 0.2) is 12.2 Å². The summed E-state index contributed by atoms with van der Waals surface area (Å²) in [6.45, 7) is 4.30. The van der Waals surface area contributed by atoms with E-state index in [-0.39, 0.29) is 0 Å². The molecule has 0 aliphatic carbocycles. The summed E-state index contributed by atoms with van der Waals surface area (Å²) < 4.78 is 0. The number of allylic oxidation sites excluding steroid dienone is 2. The molecule has 0 aromatic heterocycles. The van der Waals surface area contributed by atoms with Crippen molar-refractivity contribution in [1.82, 2.24) is 0 Å². The van der Waals surface area contributed by atoms with Crippen molar-refractivity contribution in [3.05, 3.63) is 18.6 Å². The minimum atomic E-state index is 1.18. The minimum absolute atomic E-state index is 1.18. The summed E-state index contributed by atoms with van der Waals surface area (Å²) in [6.07, 6.45) is 13.2. The molecule has 0 heteroatoms. The van der Waals surface area contributed by atoms with Gasteiger partial charge >= 0.3 is 0 Å². The maximum absolute atomic E-state index is 2.29. The summed E-state index contributed by atoms with van der Waals surface area (Å²) in [7, 11) is 0. The van der Waals surface area contributed by atoms with E-state index in [1.54, 1.807) is 0 Å². The SMILES string of the molecule is C[CH]CCCC/C=C/CC. The van der Waals surface area contributed by atoms with Crippen molar-refractivity contribution in [1.29, 1.82) is 0 Å². The van der Waals surface area contributed by atoms with Crippen molar-refractivity contribution in [3.8, 4) is 0 Å². The quantitative estimate of drug-likeness (QED) is 0.388. The highest BCUT2D eigenvalue weighted by molar-refractivity contribution is 4.79. The van der Waals surface area contributed by atoms with E-state index in [0.29, 0.717) is 0 Å². The predicted molar refractivity (Wildman–Crippen MR) is 47.9 cm³/mol. The minimum Gasteiger partial charge on any atom is -0.0888 e. The lowest BCUT2D eigenvalue weighted by atomic mass is 10.1. The molecule has 0 aromatic rings. The molecule has 0 atom stereocenters. The molecule has 0 aliphatic rings. The molecule has 0 N–H and O–H groups in total. The summed E-state index contributed by atoms with van der Waals surface area (Å²) in [5.74, 6) is 0. The summed E-state index contributed by atoms with van der Waals surface area (Å²) in [5, 5.41) is 0. The molecule has 0 spiro atoms. The third-order valence-electron chi connectivity index (χ3n) is 1.52. The second-order valence-corrected chi connectivity index (χ2v) is 2.57. The molecule has 10 heavy (non-hydrogen) atoms. The van der Waals surface area contributed by atoms with Gasteiger partial charge in [-0.05, 0) is 25.7 Å². The van der Waals surface area contributed by atoms with Crippen LogP contribution in [0.4, 0.5) is 0 Å². The molecular weight excluding hydrogens is 120 g/mol. The second kappa shape index (κ2) is 8.74. The van der Waals surface area contributed by atoms with Gasteiger partial charge in [0.05, 0.1) is 0 Å². The Morgan fingerprint density at radius 3 is 2.30 bits per heavy atom. The zero-order valence-electron chi connectivity index (χ0n) is 7.27. The van der Waals surface area contributed by atoms with Gasteiger partial charge in [-0.25, -0.2) is 0 Å². The molecular formula is C10H19. The van der Waals surface area contributed by atoms with Crippen LogP contribution in [0.3, 0.4) is 0 Å². The van der Waals surface area contributed by atoms with Crippen LogP contribution < -0.4 is 0 Å². The van der Waals surface area contributed by atoms with Crippen molar-refractivity contribution in [2.24, 2.45) is 0 Å². The molecule has 0 rings (SSSR count). The van der Waals surface area contributed by atoms with E-state index in [9.17, 15) is 0 Å². The highest BCUT2D eigenvalue weighted by atomic mass is 13.9. The highest BCUT2D eigenvalue weighted by Gasteiger charge is 1.83. The van der Waals surface area contributed by atoms with E-state index >= 15 is 0 Å². The van der Waals surface area contributed by atoms with Crippen LogP contribution in [0, 0.1) is 6.42 Å². The van der Waals surface area contributed by atoms with Gasteiger partial charge < -0.3 is 0 Å². The largest absolute Gasteiger partial charge is 0.0888 e. The molecule has 0 heterocycles. The normalized spacial score (nSPS) is 11.0.